The minimum atomic E-state index is 0. The highest BCUT2D eigenvalue weighted by molar-refractivity contribution is 5.81. The summed E-state index contributed by atoms with van der Waals surface area (Å²) in [6.45, 7) is 5.17. The van der Waals surface area contributed by atoms with Crippen LogP contribution in [-0.4, -0.2) is 46.2 Å². The van der Waals surface area contributed by atoms with Crippen molar-refractivity contribution in [1.29, 1.82) is 0 Å². The van der Waals surface area contributed by atoms with Gasteiger partial charge in [-0.25, -0.2) is 9.97 Å². The summed E-state index contributed by atoms with van der Waals surface area (Å²) in [5, 5.41) is 6.96. The molecule has 0 radical (unpaired) electrons. The number of imidazole rings is 1. The first-order chi connectivity index (χ1) is 19.1. The maximum absolute atomic E-state index is 4.79. The Morgan fingerprint density at radius 3 is 2.49 bits per heavy atom. The van der Waals surface area contributed by atoms with E-state index in [0.29, 0.717) is 5.95 Å². The third-order valence-electron chi connectivity index (χ3n) is 7.99. The third kappa shape index (κ3) is 5.22. The lowest BCUT2D eigenvalue weighted by Crippen LogP contribution is -2.47. The van der Waals surface area contributed by atoms with Gasteiger partial charge < -0.3 is 15.5 Å². The summed E-state index contributed by atoms with van der Waals surface area (Å²) >= 11 is 0. The molecule has 0 saturated carbocycles. The Bertz CT molecular complexity index is 1540. The van der Waals surface area contributed by atoms with Gasteiger partial charge in [0.15, 0.2) is 0 Å². The zero-order valence-electron chi connectivity index (χ0n) is 22.6. The van der Waals surface area contributed by atoms with Crippen molar-refractivity contribution in [3.63, 3.8) is 0 Å². The summed E-state index contributed by atoms with van der Waals surface area (Å²) in [4.78, 5) is 16.4. The van der Waals surface area contributed by atoms with Crippen molar-refractivity contribution in [2.75, 3.05) is 36.9 Å². The van der Waals surface area contributed by atoms with Crippen LogP contribution in [0.15, 0.2) is 97.5 Å². The highest BCUT2D eigenvalue weighted by atomic mass is 15.2. The van der Waals surface area contributed by atoms with Crippen LogP contribution in [0.2, 0.25) is 0 Å². The Morgan fingerprint density at radius 1 is 0.974 bits per heavy atom. The molecule has 1 fully saturated rings. The number of rotatable bonds is 8. The highest BCUT2D eigenvalue weighted by Crippen LogP contribution is 2.36. The second kappa shape index (κ2) is 10.9. The molecule has 0 aliphatic carbocycles. The summed E-state index contributed by atoms with van der Waals surface area (Å²) in [6.07, 6.45) is 5.90. The maximum Gasteiger partial charge on any atom is 0.225 e. The van der Waals surface area contributed by atoms with E-state index in [-0.39, 0.29) is 14.3 Å². The Labute approximate surface area is 232 Å². The van der Waals surface area contributed by atoms with Crippen LogP contribution in [0.5, 0.6) is 0 Å². The molecule has 39 heavy (non-hydrogen) atoms. The van der Waals surface area contributed by atoms with Gasteiger partial charge in [0, 0.05) is 33.7 Å². The van der Waals surface area contributed by atoms with E-state index in [9.17, 15) is 0 Å². The summed E-state index contributed by atoms with van der Waals surface area (Å²) in [6, 6.07) is 29.9. The first-order valence-corrected chi connectivity index (χ1v) is 13.7. The van der Waals surface area contributed by atoms with Crippen LogP contribution < -0.4 is 15.5 Å². The number of nitrogens with one attached hydrogen (secondary N) is 2. The predicted molar refractivity (Wildman–Crippen MR) is 163 cm³/mol. The fourth-order valence-electron chi connectivity index (χ4n) is 5.77. The smallest absolute Gasteiger partial charge is 0.225 e. The molecule has 7 heteroatoms. The number of piperidine rings is 1. The lowest BCUT2D eigenvalue weighted by Gasteiger charge is -2.41. The zero-order valence-corrected chi connectivity index (χ0v) is 22.6. The van der Waals surface area contributed by atoms with E-state index in [4.69, 9.17) is 9.97 Å². The van der Waals surface area contributed by atoms with Crippen LogP contribution in [0, 0.1) is 0 Å². The van der Waals surface area contributed by atoms with Gasteiger partial charge in [0.25, 0.3) is 0 Å². The van der Waals surface area contributed by atoms with Gasteiger partial charge in [-0.3, -0.25) is 4.57 Å². The fraction of sp³-hybridized carbons (Fsp3) is 0.281. The van der Waals surface area contributed by atoms with Crippen molar-refractivity contribution in [2.24, 2.45) is 0 Å². The molecule has 202 valence electrons. The molecule has 0 spiro atoms. The molecule has 3 aromatic carbocycles. The second-order valence-electron chi connectivity index (χ2n) is 10.6. The van der Waals surface area contributed by atoms with E-state index in [1.165, 1.54) is 16.8 Å². The number of fused-ring (bicyclic) bond motifs is 1. The molecule has 1 atom stereocenters. The minimum absolute atomic E-state index is 0. The largest absolute Gasteiger partial charge is 0.374 e. The lowest BCUT2D eigenvalue weighted by molar-refractivity contribution is 0.312. The number of anilines is 2. The van der Waals surface area contributed by atoms with Crippen molar-refractivity contribution in [1.82, 2.24) is 24.8 Å². The van der Waals surface area contributed by atoms with E-state index in [1.807, 2.05) is 35.2 Å². The molecule has 1 saturated heterocycles. The molecule has 1 aliphatic heterocycles. The Kier molecular flexibility index (Phi) is 6.99. The van der Waals surface area contributed by atoms with Gasteiger partial charge >= 0.3 is 0 Å². The molecule has 3 heterocycles. The van der Waals surface area contributed by atoms with Gasteiger partial charge in [0.1, 0.15) is 12.1 Å². The van der Waals surface area contributed by atoms with E-state index >= 15 is 0 Å². The molecule has 5 aromatic rings. The summed E-state index contributed by atoms with van der Waals surface area (Å²) in [5.41, 5.74) is 5.89. The van der Waals surface area contributed by atoms with Crippen LogP contribution in [-0.2, 0) is 5.41 Å². The SMILES string of the molecule is C[C@H](Nc1nccc(-n2cnc3cc(N(C)CC4(c5ccccc5)CCNCC4)ccc32)n1)c1ccccc1.[HH].[HH]. The quantitative estimate of drug-likeness (QED) is 0.252. The van der Waals surface area contributed by atoms with Crippen LogP contribution in [0.25, 0.3) is 16.9 Å². The Hall–Kier alpha value is -4.23. The van der Waals surface area contributed by atoms with Crippen molar-refractivity contribution < 1.29 is 2.85 Å². The average Bonchev–Trinajstić information content (AvgIpc) is 3.42. The van der Waals surface area contributed by atoms with E-state index in [2.05, 4.69) is 95.2 Å². The van der Waals surface area contributed by atoms with Gasteiger partial charge in [-0.05, 0) is 68.2 Å². The van der Waals surface area contributed by atoms with E-state index < -0.39 is 0 Å². The topological polar surface area (TPSA) is 70.9 Å². The molecule has 0 bridgehead atoms. The van der Waals surface area contributed by atoms with Gasteiger partial charge in [-0.2, -0.15) is 4.98 Å². The predicted octanol–water partition coefficient (Wildman–Crippen LogP) is 6.24. The minimum Gasteiger partial charge on any atom is -0.374 e. The molecule has 6 rings (SSSR count). The zero-order chi connectivity index (χ0) is 26.7. The molecule has 2 N–H and O–H groups in total. The van der Waals surface area contributed by atoms with Gasteiger partial charge in [-0.15, -0.1) is 0 Å². The number of benzene rings is 3. The van der Waals surface area contributed by atoms with Gasteiger partial charge in [0.05, 0.1) is 17.1 Å². The fourth-order valence-corrected chi connectivity index (χ4v) is 5.77. The third-order valence-corrected chi connectivity index (χ3v) is 7.99. The highest BCUT2D eigenvalue weighted by Gasteiger charge is 2.35. The van der Waals surface area contributed by atoms with Gasteiger partial charge in [-0.1, -0.05) is 60.7 Å². The van der Waals surface area contributed by atoms with Crippen LogP contribution >= 0.6 is 0 Å². The summed E-state index contributed by atoms with van der Waals surface area (Å²) in [5.74, 6) is 1.38. The number of likely N-dealkylation sites (N-methyl/N-ethyl adjacent to an activating group) is 1. The number of hydrogen-bond donors (Lipinski definition) is 2. The van der Waals surface area contributed by atoms with Crippen molar-refractivity contribution in [3.05, 3.63) is 109 Å². The van der Waals surface area contributed by atoms with Crippen molar-refractivity contribution in [3.8, 4) is 5.82 Å². The Morgan fingerprint density at radius 2 is 1.72 bits per heavy atom. The van der Waals surface area contributed by atoms with E-state index in [1.54, 1.807) is 6.20 Å². The number of aromatic nitrogens is 4. The summed E-state index contributed by atoms with van der Waals surface area (Å²) in [7, 11) is 2.20. The molecule has 1 aliphatic rings. The molecule has 7 nitrogen and oxygen atoms in total. The molecule has 2 aromatic heterocycles. The van der Waals surface area contributed by atoms with Crippen LogP contribution in [0.3, 0.4) is 0 Å². The number of nitrogens with zero attached hydrogens (tertiary/aromatic N) is 5. The average molecular weight is 522 g/mol. The molecular formula is C32H39N7. The first kappa shape index (κ1) is 25.1. The van der Waals surface area contributed by atoms with Crippen molar-refractivity contribution in [2.45, 2.75) is 31.2 Å². The van der Waals surface area contributed by atoms with Crippen LogP contribution in [0.4, 0.5) is 11.6 Å². The maximum atomic E-state index is 4.79. The monoisotopic (exact) mass is 521 g/mol. The lowest BCUT2D eigenvalue weighted by atomic mass is 9.72. The van der Waals surface area contributed by atoms with Gasteiger partial charge in [0.2, 0.25) is 5.95 Å². The molecular weight excluding hydrogens is 482 g/mol. The molecule has 0 unspecified atom stereocenters. The van der Waals surface area contributed by atoms with Crippen molar-refractivity contribution >= 4 is 22.7 Å². The summed E-state index contributed by atoms with van der Waals surface area (Å²) < 4.78 is 2.03. The second-order valence-corrected chi connectivity index (χ2v) is 10.6. The first-order valence-electron chi connectivity index (χ1n) is 13.7. The standard InChI is InChI=1S/C32H35N7.2H2/c1-24(25-9-5-3-6-10-25)36-31-34-18-15-30(37-31)39-23-35-28-21-27(13-14-29(28)39)38(2)22-32(16-19-33-20-17-32)26-11-7-4-8-12-26;;/h3-15,18,21,23-24,33H,16-17,19-20,22H2,1-2H3,(H,34,36,37);2*1H/t24-;;/m0../s1. The van der Waals surface area contributed by atoms with E-state index in [0.717, 1.165) is 49.3 Å². The molecule has 0 amide bonds. The Balaban J connectivity index is 0.00000194. The van der Waals surface area contributed by atoms with Crippen LogP contribution in [0.1, 0.15) is 39.8 Å². The number of hydrogen-bond acceptors (Lipinski definition) is 6. The normalized spacial score (nSPS) is 15.6.